The second kappa shape index (κ2) is 9.49. The van der Waals surface area contributed by atoms with E-state index in [1.165, 1.54) is 12.5 Å². The van der Waals surface area contributed by atoms with Gasteiger partial charge in [-0.25, -0.2) is 0 Å². The number of benzene rings is 1. The van der Waals surface area contributed by atoms with Crippen LogP contribution in [0.1, 0.15) is 30.7 Å². The molecular weight excluding hydrogens is 416 g/mol. The van der Waals surface area contributed by atoms with Gasteiger partial charge in [0.25, 0.3) is 0 Å². The lowest BCUT2D eigenvalue weighted by Gasteiger charge is -2.47. The van der Waals surface area contributed by atoms with E-state index in [4.69, 9.17) is 16.3 Å². The van der Waals surface area contributed by atoms with Crippen molar-refractivity contribution in [3.05, 3.63) is 35.4 Å². The summed E-state index contributed by atoms with van der Waals surface area (Å²) in [6.07, 6.45) is 4.93. The Morgan fingerprint density at radius 1 is 1.19 bits per heavy atom. The van der Waals surface area contributed by atoms with E-state index < -0.39 is 0 Å². The van der Waals surface area contributed by atoms with E-state index in [9.17, 15) is 9.59 Å². The Morgan fingerprint density at radius 2 is 1.90 bits per heavy atom. The van der Waals surface area contributed by atoms with Crippen LogP contribution in [-0.4, -0.2) is 85.5 Å². The summed E-state index contributed by atoms with van der Waals surface area (Å²) in [5.41, 5.74) is 1.96. The molecule has 1 aromatic rings. The summed E-state index contributed by atoms with van der Waals surface area (Å²) >= 11 is 6.45. The van der Waals surface area contributed by atoms with Crippen LogP contribution in [-0.2, 0) is 9.59 Å². The number of nitrogens with zero attached hydrogens (tertiary/aromatic N) is 3. The number of amides is 2. The van der Waals surface area contributed by atoms with Gasteiger partial charge >= 0.3 is 0 Å². The molecular formula is C23H31ClN4O3. The standard InChI is InChI=1S/C23H31ClN4O3/c1-3-22(29)28-14-17(15-28)26-7-9-27(10-8-26)23(30)13-25-20-11-18(16-5-4-6-16)19(24)12-21(20)31-2/h3,11-12,16-17,25H,1,4-10,13-15H2,2H3. The number of halogens is 1. The molecule has 0 unspecified atom stereocenters. The zero-order chi connectivity index (χ0) is 22.0. The first kappa shape index (κ1) is 22.0. The number of methoxy groups -OCH3 is 1. The van der Waals surface area contributed by atoms with Crippen molar-refractivity contribution in [2.75, 3.05) is 58.2 Å². The Balaban J connectivity index is 1.27. The third-order valence-corrected chi connectivity index (χ3v) is 7.15. The summed E-state index contributed by atoms with van der Waals surface area (Å²) in [7, 11) is 1.62. The van der Waals surface area contributed by atoms with E-state index in [1.54, 1.807) is 12.0 Å². The van der Waals surface area contributed by atoms with Gasteiger partial charge in [-0.15, -0.1) is 0 Å². The van der Waals surface area contributed by atoms with Crippen molar-refractivity contribution >= 4 is 29.1 Å². The molecule has 1 saturated carbocycles. The van der Waals surface area contributed by atoms with Gasteiger partial charge in [0.2, 0.25) is 11.8 Å². The molecule has 2 heterocycles. The summed E-state index contributed by atoms with van der Waals surface area (Å²) in [6.45, 7) is 8.35. The Kier molecular flexibility index (Phi) is 6.72. The molecule has 3 fully saturated rings. The number of anilines is 1. The number of carbonyl (C=O) groups excluding carboxylic acids is 2. The van der Waals surface area contributed by atoms with E-state index in [0.29, 0.717) is 30.8 Å². The number of nitrogens with one attached hydrogen (secondary N) is 1. The highest BCUT2D eigenvalue weighted by Crippen LogP contribution is 2.43. The largest absolute Gasteiger partial charge is 0.495 e. The number of hydrogen-bond acceptors (Lipinski definition) is 5. The van der Waals surface area contributed by atoms with Gasteiger partial charge in [0.05, 0.1) is 19.3 Å². The highest BCUT2D eigenvalue weighted by atomic mass is 35.5. The van der Waals surface area contributed by atoms with Crippen molar-refractivity contribution < 1.29 is 14.3 Å². The van der Waals surface area contributed by atoms with Crippen LogP contribution in [0.2, 0.25) is 5.02 Å². The van der Waals surface area contributed by atoms with E-state index >= 15 is 0 Å². The quantitative estimate of drug-likeness (QED) is 0.652. The monoisotopic (exact) mass is 446 g/mol. The van der Waals surface area contributed by atoms with Gasteiger partial charge < -0.3 is 19.9 Å². The van der Waals surface area contributed by atoms with Gasteiger partial charge in [-0.2, -0.15) is 0 Å². The van der Waals surface area contributed by atoms with Gasteiger partial charge in [-0.05, 0) is 36.5 Å². The molecule has 1 N–H and O–H groups in total. The van der Waals surface area contributed by atoms with Crippen molar-refractivity contribution in [2.24, 2.45) is 0 Å². The zero-order valence-corrected chi connectivity index (χ0v) is 18.9. The van der Waals surface area contributed by atoms with Crippen molar-refractivity contribution in [3.8, 4) is 5.75 Å². The molecule has 8 heteroatoms. The minimum atomic E-state index is -0.00534. The number of ether oxygens (including phenoxy) is 1. The van der Waals surface area contributed by atoms with Crippen molar-refractivity contribution in [1.82, 2.24) is 14.7 Å². The minimum Gasteiger partial charge on any atom is -0.495 e. The first-order chi connectivity index (χ1) is 15.0. The molecule has 0 atom stereocenters. The van der Waals surface area contributed by atoms with Gasteiger partial charge in [0.1, 0.15) is 5.75 Å². The van der Waals surface area contributed by atoms with Crippen LogP contribution < -0.4 is 10.1 Å². The Hall–Kier alpha value is -2.25. The molecule has 2 aliphatic heterocycles. The molecule has 168 valence electrons. The molecule has 0 spiro atoms. The number of piperazine rings is 1. The lowest BCUT2D eigenvalue weighted by molar-refractivity contribution is -0.135. The number of hydrogen-bond donors (Lipinski definition) is 1. The summed E-state index contributed by atoms with van der Waals surface area (Å²) in [5.74, 6) is 1.24. The van der Waals surface area contributed by atoms with Crippen molar-refractivity contribution in [3.63, 3.8) is 0 Å². The first-order valence-corrected chi connectivity index (χ1v) is 11.4. The Labute approximate surface area is 188 Å². The third-order valence-electron chi connectivity index (χ3n) is 6.83. The highest BCUT2D eigenvalue weighted by Gasteiger charge is 2.35. The van der Waals surface area contributed by atoms with Crippen LogP contribution in [0, 0.1) is 0 Å². The third kappa shape index (κ3) is 4.67. The van der Waals surface area contributed by atoms with Gasteiger partial charge in [0, 0.05) is 56.4 Å². The maximum absolute atomic E-state index is 12.8. The lowest BCUT2D eigenvalue weighted by Crippen LogP contribution is -2.64. The van der Waals surface area contributed by atoms with E-state index in [0.717, 1.165) is 55.3 Å². The van der Waals surface area contributed by atoms with Crippen molar-refractivity contribution in [2.45, 2.75) is 31.2 Å². The van der Waals surface area contributed by atoms with Gasteiger partial charge in [0.15, 0.2) is 0 Å². The maximum Gasteiger partial charge on any atom is 0.246 e. The van der Waals surface area contributed by atoms with E-state index in [-0.39, 0.29) is 18.4 Å². The molecule has 1 aromatic carbocycles. The number of carbonyl (C=O) groups is 2. The molecule has 4 rings (SSSR count). The number of rotatable bonds is 7. The van der Waals surface area contributed by atoms with Gasteiger partial charge in [-0.3, -0.25) is 14.5 Å². The molecule has 2 amide bonds. The molecule has 0 radical (unpaired) electrons. The highest BCUT2D eigenvalue weighted by molar-refractivity contribution is 6.31. The molecule has 7 nitrogen and oxygen atoms in total. The SMILES string of the molecule is C=CC(=O)N1CC(N2CCN(C(=O)CNc3cc(C4CCC4)c(Cl)cc3OC)CC2)C1. The van der Waals surface area contributed by atoms with Crippen LogP contribution >= 0.6 is 11.6 Å². The Bertz CT molecular complexity index is 843. The Morgan fingerprint density at radius 3 is 2.48 bits per heavy atom. The fraction of sp³-hybridized carbons (Fsp3) is 0.565. The minimum absolute atomic E-state index is 0.00534. The van der Waals surface area contributed by atoms with Crippen LogP contribution in [0.5, 0.6) is 5.75 Å². The smallest absolute Gasteiger partial charge is 0.246 e. The second-order valence-electron chi connectivity index (χ2n) is 8.57. The predicted octanol–water partition coefficient (Wildman–Crippen LogP) is 2.57. The molecule has 0 aromatic heterocycles. The molecule has 2 saturated heterocycles. The van der Waals surface area contributed by atoms with Crippen LogP contribution in [0.15, 0.2) is 24.8 Å². The maximum atomic E-state index is 12.8. The first-order valence-electron chi connectivity index (χ1n) is 11.0. The average Bonchev–Trinajstić information content (AvgIpc) is 2.71. The number of likely N-dealkylation sites (tertiary alicyclic amines) is 1. The summed E-state index contributed by atoms with van der Waals surface area (Å²) in [5, 5.41) is 4.01. The summed E-state index contributed by atoms with van der Waals surface area (Å²) in [4.78, 5) is 30.5. The fourth-order valence-corrected chi connectivity index (χ4v) is 4.83. The molecule has 31 heavy (non-hydrogen) atoms. The lowest BCUT2D eigenvalue weighted by atomic mass is 9.80. The zero-order valence-electron chi connectivity index (χ0n) is 18.1. The second-order valence-corrected chi connectivity index (χ2v) is 8.98. The average molecular weight is 447 g/mol. The van der Waals surface area contributed by atoms with Crippen LogP contribution in [0.4, 0.5) is 5.69 Å². The summed E-state index contributed by atoms with van der Waals surface area (Å²) < 4.78 is 5.47. The molecule has 1 aliphatic carbocycles. The normalized spacial score (nSPS) is 20.1. The van der Waals surface area contributed by atoms with E-state index in [2.05, 4.69) is 16.8 Å². The molecule has 3 aliphatic rings. The summed E-state index contributed by atoms with van der Waals surface area (Å²) in [6, 6.07) is 4.28. The predicted molar refractivity (Wildman–Crippen MR) is 122 cm³/mol. The van der Waals surface area contributed by atoms with Crippen LogP contribution in [0.25, 0.3) is 0 Å². The van der Waals surface area contributed by atoms with Crippen LogP contribution in [0.3, 0.4) is 0 Å². The topological polar surface area (TPSA) is 65.1 Å². The van der Waals surface area contributed by atoms with Crippen molar-refractivity contribution in [1.29, 1.82) is 0 Å². The van der Waals surface area contributed by atoms with Gasteiger partial charge in [-0.1, -0.05) is 24.6 Å². The molecule has 0 bridgehead atoms. The van der Waals surface area contributed by atoms with E-state index in [1.807, 2.05) is 17.0 Å². The fourth-order valence-electron chi connectivity index (χ4n) is 4.53.